The summed E-state index contributed by atoms with van der Waals surface area (Å²) in [6, 6.07) is 9.14. The third-order valence-corrected chi connectivity index (χ3v) is 6.83. The summed E-state index contributed by atoms with van der Waals surface area (Å²) < 4.78 is 30.1. The molecule has 7 heteroatoms. The van der Waals surface area contributed by atoms with Crippen LogP contribution in [0.5, 0.6) is 17.2 Å². The topological polar surface area (TPSA) is 63.2 Å². The van der Waals surface area contributed by atoms with Crippen LogP contribution in [-0.2, 0) is 20.8 Å². The molecule has 0 bridgehead atoms. The molecule has 0 amide bonds. The van der Waals surface area contributed by atoms with Gasteiger partial charge in [-0.15, -0.1) is 6.58 Å². The van der Waals surface area contributed by atoms with Crippen molar-refractivity contribution in [2.45, 2.75) is 78.0 Å². The Morgan fingerprint density at radius 1 is 1.23 bits per heavy atom. The van der Waals surface area contributed by atoms with Gasteiger partial charge in [-0.25, -0.2) is 4.79 Å². The van der Waals surface area contributed by atoms with Crippen molar-refractivity contribution in [2.24, 2.45) is 0 Å². The number of hydrogen-bond acceptors (Lipinski definition) is 6. The highest BCUT2D eigenvalue weighted by Crippen LogP contribution is 2.42. The lowest BCUT2D eigenvalue weighted by molar-refractivity contribution is -0.180. The zero-order valence-electron chi connectivity index (χ0n) is 21.2. The monoisotopic (exact) mass is 546 g/mol. The van der Waals surface area contributed by atoms with E-state index in [-0.39, 0.29) is 6.10 Å². The van der Waals surface area contributed by atoms with Crippen molar-refractivity contribution in [3.8, 4) is 17.2 Å². The van der Waals surface area contributed by atoms with Gasteiger partial charge in [-0.05, 0) is 59.5 Å². The largest absolute Gasteiger partial charge is 0.463 e. The van der Waals surface area contributed by atoms with Crippen molar-refractivity contribution in [3.63, 3.8) is 0 Å². The Kier molecular flexibility index (Phi) is 9.39. The second kappa shape index (κ2) is 12.1. The van der Waals surface area contributed by atoms with E-state index in [4.69, 9.17) is 23.7 Å². The summed E-state index contributed by atoms with van der Waals surface area (Å²) >= 11 is 3.63. The standard InChI is InChI=1S/C28H35BrO6/c1-7-9-10-13-22(20(8-2)31-6)34-27(30)25-18(3)12-11-14-23(25)33-24-16-15-21-19(26(24)29)17-32-28(4,5)35-21/h8,11-12,14-16,20,22H,2,7,9-10,13,17H2,1,3-6H3/t20-,22+/m1/s1. The van der Waals surface area contributed by atoms with Gasteiger partial charge in [0.2, 0.25) is 5.79 Å². The van der Waals surface area contributed by atoms with Gasteiger partial charge in [-0.1, -0.05) is 38.0 Å². The van der Waals surface area contributed by atoms with Crippen LogP contribution < -0.4 is 9.47 Å². The number of esters is 1. The maximum Gasteiger partial charge on any atom is 0.342 e. The van der Waals surface area contributed by atoms with Crippen LogP contribution in [0.1, 0.15) is 67.9 Å². The average molecular weight is 547 g/mol. The first kappa shape index (κ1) is 27.2. The smallest absolute Gasteiger partial charge is 0.342 e. The second-order valence-corrected chi connectivity index (χ2v) is 9.86. The molecule has 0 radical (unpaired) electrons. The number of fused-ring (bicyclic) bond motifs is 1. The Labute approximate surface area is 216 Å². The maximum atomic E-state index is 13.4. The normalized spacial score (nSPS) is 15.9. The van der Waals surface area contributed by atoms with Gasteiger partial charge >= 0.3 is 5.97 Å². The van der Waals surface area contributed by atoms with E-state index >= 15 is 0 Å². The van der Waals surface area contributed by atoms with Crippen molar-refractivity contribution >= 4 is 21.9 Å². The molecule has 1 aliphatic rings. The minimum Gasteiger partial charge on any atom is -0.463 e. The Morgan fingerprint density at radius 3 is 2.69 bits per heavy atom. The molecular formula is C28H35BrO6. The zero-order valence-corrected chi connectivity index (χ0v) is 22.8. The second-order valence-electron chi connectivity index (χ2n) is 9.07. The molecule has 1 heterocycles. The molecule has 2 aromatic rings. The highest BCUT2D eigenvalue weighted by Gasteiger charge is 2.30. The molecule has 0 unspecified atom stereocenters. The number of rotatable bonds is 11. The third kappa shape index (κ3) is 6.66. The lowest BCUT2D eigenvalue weighted by Gasteiger charge is -2.33. The summed E-state index contributed by atoms with van der Waals surface area (Å²) in [4.78, 5) is 13.4. The SMILES string of the molecule is C=C[C@@H](OC)[C@H](CCCCC)OC(=O)c1c(C)cccc1Oc1ccc2c(c1Br)COC(C)(C)O2. The van der Waals surface area contributed by atoms with Crippen LogP contribution in [0.3, 0.4) is 0 Å². The van der Waals surface area contributed by atoms with Gasteiger partial charge in [-0.3, -0.25) is 0 Å². The van der Waals surface area contributed by atoms with Crippen LogP contribution in [0.2, 0.25) is 0 Å². The number of methoxy groups -OCH3 is 1. The molecule has 35 heavy (non-hydrogen) atoms. The molecule has 2 aromatic carbocycles. The Bertz CT molecular complexity index is 1050. The van der Waals surface area contributed by atoms with Crippen LogP contribution in [0, 0.1) is 6.92 Å². The summed E-state index contributed by atoms with van der Waals surface area (Å²) in [7, 11) is 1.59. The lowest BCUT2D eigenvalue weighted by Crippen LogP contribution is -2.35. The average Bonchev–Trinajstić information content (AvgIpc) is 2.81. The first-order chi connectivity index (χ1) is 16.7. The van der Waals surface area contributed by atoms with Crippen LogP contribution in [0.4, 0.5) is 0 Å². The quantitative estimate of drug-likeness (QED) is 0.165. The summed E-state index contributed by atoms with van der Waals surface area (Å²) in [6.45, 7) is 12.0. The van der Waals surface area contributed by atoms with Crippen molar-refractivity contribution in [2.75, 3.05) is 7.11 Å². The molecule has 1 aliphatic heterocycles. The Morgan fingerprint density at radius 2 is 2.00 bits per heavy atom. The molecule has 0 saturated carbocycles. The van der Waals surface area contributed by atoms with Gasteiger partial charge in [0.1, 0.15) is 35.0 Å². The molecule has 0 aliphatic carbocycles. The number of benzene rings is 2. The van der Waals surface area contributed by atoms with E-state index in [2.05, 4.69) is 29.4 Å². The van der Waals surface area contributed by atoms with Gasteiger partial charge < -0.3 is 23.7 Å². The minimum atomic E-state index is -0.693. The highest BCUT2D eigenvalue weighted by molar-refractivity contribution is 9.10. The van der Waals surface area contributed by atoms with Crippen molar-refractivity contribution in [1.82, 2.24) is 0 Å². The molecule has 0 saturated heterocycles. The summed E-state index contributed by atoms with van der Waals surface area (Å²) in [6.07, 6.45) is 4.61. The fourth-order valence-corrected chi connectivity index (χ4v) is 4.54. The first-order valence-electron chi connectivity index (χ1n) is 12.0. The van der Waals surface area contributed by atoms with Gasteiger partial charge in [0, 0.05) is 26.5 Å². The van der Waals surface area contributed by atoms with E-state index in [9.17, 15) is 4.79 Å². The van der Waals surface area contributed by atoms with E-state index in [0.717, 1.165) is 40.6 Å². The first-order valence-corrected chi connectivity index (χ1v) is 12.8. The molecule has 0 aromatic heterocycles. The molecule has 3 rings (SSSR count). The summed E-state index contributed by atoms with van der Waals surface area (Å²) in [5.41, 5.74) is 1.99. The zero-order chi connectivity index (χ0) is 25.6. The number of halogens is 1. The molecule has 0 N–H and O–H groups in total. The summed E-state index contributed by atoms with van der Waals surface area (Å²) in [5.74, 6) is 0.547. The number of ether oxygens (including phenoxy) is 5. The van der Waals surface area contributed by atoms with E-state index in [1.165, 1.54) is 0 Å². The molecule has 0 fully saturated rings. The van der Waals surface area contributed by atoms with Gasteiger partial charge in [0.25, 0.3) is 0 Å². The number of aryl methyl sites for hydroxylation is 1. The predicted molar refractivity (Wildman–Crippen MR) is 139 cm³/mol. The minimum absolute atomic E-state index is 0.377. The van der Waals surface area contributed by atoms with Crippen LogP contribution in [0.25, 0.3) is 0 Å². The number of carbonyl (C=O) groups excluding carboxylic acids is 1. The van der Waals surface area contributed by atoms with Crippen LogP contribution in [0.15, 0.2) is 47.5 Å². The number of hydrogen-bond donors (Lipinski definition) is 0. The van der Waals surface area contributed by atoms with E-state index < -0.39 is 17.9 Å². The molecule has 0 spiro atoms. The van der Waals surface area contributed by atoms with Crippen molar-refractivity contribution in [3.05, 3.63) is 64.1 Å². The molecular weight excluding hydrogens is 512 g/mol. The van der Waals surface area contributed by atoms with Crippen molar-refractivity contribution in [1.29, 1.82) is 0 Å². The number of unbranched alkanes of at least 4 members (excludes halogenated alkanes) is 2. The summed E-state index contributed by atoms with van der Waals surface area (Å²) in [5, 5.41) is 0. The molecule has 2 atom stereocenters. The maximum absolute atomic E-state index is 13.4. The van der Waals surface area contributed by atoms with Crippen molar-refractivity contribution < 1.29 is 28.5 Å². The van der Waals surface area contributed by atoms with E-state index in [1.807, 2.05) is 45.0 Å². The Hall–Kier alpha value is -2.35. The highest BCUT2D eigenvalue weighted by atomic mass is 79.9. The third-order valence-electron chi connectivity index (χ3n) is 5.96. The van der Waals surface area contributed by atoms with Crippen LogP contribution in [-0.4, -0.2) is 31.1 Å². The fourth-order valence-electron chi connectivity index (χ4n) is 4.02. The fraction of sp³-hybridized carbons (Fsp3) is 0.464. The van der Waals surface area contributed by atoms with E-state index in [0.29, 0.717) is 30.1 Å². The number of carbonyl (C=O) groups is 1. The van der Waals surface area contributed by atoms with Gasteiger partial charge in [-0.2, -0.15) is 0 Å². The lowest BCUT2D eigenvalue weighted by atomic mass is 10.0. The molecule has 190 valence electrons. The van der Waals surface area contributed by atoms with E-state index in [1.54, 1.807) is 19.3 Å². The van der Waals surface area contributed by atoms with Crippen LogP contribution >= 0.6 is 15.9 Å². The predicted octanol–water partition coefficient (Wildman–Crippen LogP) is 7.50. The van der Waals surface area contributed by atoms with Gasteiger partial charge in [0.15, 0.2) is 0 Å². The Balaban J connectivity index is 1.87. The van der Waals surface area contributed by atoms with Gasteiger partial charge in [0.05, 0.1) is 11.1 Å². The molecule has 6 nitrogen and oxygen atoms in total.